The van der Waals surface area contributed by atoms with Gasteiger partial charge in [0.05, 0.1) is 4.47 Å². The molecule has 0 fully saturated rings. The SMILES string of the molecule is NCc1ccc(Oc2ccc3ccccc3c2Br)nc1. The molecule has 3 nitrogen and oxygen atoms in total. The normalized spacial score (nSPS) is 10.7. The molecule has 0 spiro atoms. The molecule has 1 heterocycles. The van der Waals surface area contributed by atoms with Crippen LogP contribution < -0.4 is 10.5 Å². The van der Waals surface area contributed by atoms with Crippen molar-refractivity contribution in [2.75, 3.05) is 0 Å². The maximum Gasteiger partial charge on any atom is 0.219 e. The van der Waals surface area contributed by atoms with Crippen molar-refractivity contribution in [2.45, 2.75) is 6.54 Å². The highest BCUT2D eigenvalue weighted by Crippen LogP contribution is 2.35. The highest BCUT2D eigenvalue weighted by Gasteiger charge is 2.07. The smallest absolute Gasteiger partial charge is 0.219 e. The van der Waals surface area contributed by atoms with Crippen LogP contribution in [0.25, 0.3) is 10.8 Å². The number of hydrogen-bond donors (Lipinski definition) is 1. The molecular formula is C16H13BrN2O. The Kier molecular flexibility index (Phi) is 3.67. The van der Waals surface area contributed by atoms with E-state index in [1.54, 1.807) is 6.20 Å². The van der Waals surface area contributed by atoms with E-state index >= 15 is 0 Å². The van der Waals surface area contributed by atoms with Gasteiger partial charge in [-0.2, -0.15) is 0 Å². The van der Waals surface area contributed by atoms with Crippen molar-refractivity contribution in [1.82, 2.24) is 4.98 Å². The maximum absolute atomic E-state index is 5.82. The third-order valence-corrected chi connectivity index (χ3v) is 3.89. The number of pyridine rings is 1. The predicted molar refractivity (Wildman–Crippen MR) is 83.9 cm³/mol. The Morgan fingerprint density at radius 1 is 1.05 bits per heavy atom. The summed E-state index contributed by atoms with van der Waals surface area (Å²) in [5, 5.41) is 2.28. The summed E-state index contributed by atoms with van der Waals surface area (Å²) in [6, 6.07) is 15.8. The zero-order chi connectivity index (χ0) is 13.9. The zero-order valence-electron chi connectivity index (χ0n) is 10.7. The first-order valence-electron chi connectivity index (χ1n) is 6.28. The first-order valence-corrected chi connectivity index (χ1v) is 7.07. The minimum Gasteiger partial charge on any atom is -0.438 e. The van der Waals surface area contributed by atoms with Crippen LogP contribution in [0.1, 0.15) is 5.56 Å². The number of nitrogens with zero attached hydrogens (tertiary/aromatic N) is 1. The van der Waals surface area contributed by atoms with E-state index in [2.05, 4.69) is 33.0 Å². The summed E-state index contributed by atoms with van der Waals surface area (Å²) < 4.78 is 6.75. The average Bonchev–Trinajstić information content (AvgIpc) is 2.51. The van der Waals surface area contributed by atoms with Gasteiger partial charge in [-0.15, -0.1) is 0 Å². The van der Waals surface area contributed by atoms with Crippen molar-refractivity contribution >= 4 is 26.7 Å². The van der Waals surface area contributed by atoms with E-state index in [0.717, 1.165) is 26.6 Å². The van der Waals surface area contributed by atoms with Gasteiger partial charge in [-0.25, -0.2) is 4.98 Å². The molecule has 0 amide bonds. The van der Waals surface area contributed by atoms with Gasteiger partial charge in [-0.05, 0) is 38.3 Å². The van der Waals surface area contributed by atoms with E-state index in [0.29, 0.717) is 12.4 Å². The third-order valence-electron chi connectivity index (χ3n) is 3.08. The van der Waals surface area contributed by atoms with Crippen LogP contribution in [0.15, 0.2) is 59.2 Å². The Bertz CT molecular complexity index is 741. The molecule has 2 aromatic carbocycles. The van der Waals surface area contributed by atoms with Gasteiger partial charge >= 0.3 is 0 Å². The number of ether oxygens (including phenoxy) is 1. The summed E-state index contributed by atoms with van der Waals surface area (Å²) in [6.45, 7) is 0.479. The molecule has 1 aromatic heterocycles. The summed E-state index contributed by atoms with van der Waals surface area (Å²) in [5.41, 5.74) is 6.53. The number of fused-ring (bicyclic) bond motifs is 1. The first-order chi connectivity index (χ1) is 9.78. The Balaban J connectivity index is 1.95. The van der Waals surface area contributed by atoms with Gasteiger partial charge in [0, 0.05) is 18.8 Å². The fourth-order valence-electron chi connectivity index (χ4n) is 2.00. The van der Waals surface area contributed by atoms with Crippen LogP contribution in [0.5, 0.6) is 11.6 Å². The molecule has 0 aliphatic carbocycles. The molecule has 0 saturated heterocycles. The molecule has 0 saturated carbocycles. The van der Waals surface area contributed by atoms with Gasteiger partial charge in [0.2, 0.25) is 5.88 Å². The van der Waals surface area contributed by atoms with E-state index in [1.807, 2.05) is 36.4 Å². The van der Waals surface area contributed by atoms with Crippen molar-refractivity contribution in [3.05, 3.63) is 64.8 Å². The summed E-state index contributed by atoms with van der Waals surface area (Å²) in [5.74, 6) is 1.30. The van der Waals surface area contributed by atoms with Crippen LogP contribution >= 0.6 is 15.9 Å². The lowest BCUT2D eigenvalue weighted by atomic mass is 10.1. The molecule has 0 bridgehead atoms. The molecular weight excluding hydrogens is 316 g/mol. The number of rotatable bonds is 3. The van der Waals surface area contributed by atoms with Crippen LogP contribution in [-0.2, 0) is 6.54 Å². The lowest BCUT2D eigenvalue weighted by molar-refractivity contribution is 0.460. The fourth-order valence-corrected chi connectivity index (χ4v) is 2.57. The Labute approximate surface area is 125 Å². The van der Waals surface area contributed by atoms with E-state index in [-0.39, 0.29) is 0 Å². The van der Waals surface area contributed by atoms with Crippen molar-refractivity contribution in [1.29, 1.82) is 0 Å². The minimum atomic E-state index is 0.479. The monoisotopic (exact) mass is 328 g/mol. The molecule has 20 heavy (non-hydrogen) atoms. The van der Waals surface area contributed by atoms with E-state index in [9.17, 15) is 0 Å². The molecule has 3 aromatic rings. The molecule has 4 heteroatoms. The number of nitrogens with two attached hydrogens (primary N) is 1. The number of halogens is 1. The van der Waals surface area contributed by atoms with Gasteiger partial charge in [-0.3, -0.25) is 0 Å². The van der Waals surface area contributed by atoms with Crippen LogP contribution in [-0.4, -0.2) is 4.98 Å². The van der Waals surface area contributed by atoms with Gasteiger partial charge in [0.25, 0.3) is 0 Å². The predicted octanol–water partition coefficient (Wildman–Crippen LogP) is 4.25. The zero-order valence-corrected chi connectivity index (χ0v) is 12.3. The van der Waals surface area contributed by atoms with Crippen molar-refractivity contribution < 1.29 is 4.74 Å². The van der Waals surface area contributed by atoms with Gasteiger partial charge < -0.3 is 10.5 Å². The van der Waals surface area contributed by atoms with E-state index in [1.165, 1.54) is 0 Å². The standard InChI is InChI=1S/C16H13BrN2O/c17-16-13-4-2-1-3-12(13)6-7-14(16)20-15-8-5-11(9-18)10-19-15/h1-8,10H,9,18H2. The van der Waals surface area contributed by atoms with Crippen LogP contribution in [0.4, 0.5) is 0 Å². The molecule has 0 aliphatic rings. The molecule has 100 valence electrons. The number of benzene rings is 2. The van der Waals surface area contributed by atoms with Gasteiger partial charge in [0.15, 0.2) is 0 Å². The summed E-state index contributed by atoms with van der Waals surface area (Å²) in [4.78, 5) is 4.24. The van der Waals surface area contributed by atoms with Crippen LogP contribution in [0, 0.1) is 0 Å². The molecule has 0 radical (unpaired) electrons. The highest BCUT2D eigenvalue weighted by atomic mass is 79.9. The van der Waals surface area contributed by atoms with Crippen LogP contribution in [0.2, 0.25) is 0 Å². The second-order valence-corrected chi connectivity index (χ2v) is 5.20. The first kappa shape index (κ1) is 13.1. The van der Waals surface area contributed by atoms with E-state index in [4.69, 9.17) is 10.5 Å². The summed E-state index contributed by atoms with van der Waals surface area (Å²) in [6.07, 6.45) is 1.73. The quantitative estimate of drug-likeness (QED) is 0.781. The second-order valence-electron chi connectivity index (χ2n) is 4.41. The van der Waals surface area contributed by atoms with Crippen LogP contribution in [0.3, 0.4) is 0 Å². The van der Waals surface area contributed by atoms with Crippen molar-refractivity contribution in [3.8, 4) is 11.6 Å². The second kappa shape index (κ2) is 5.61. The third kappa shape index (κ3) is 2.53. The largest absolute Gasteiger partial charge is 0.438 e. The molecule has 0 unspecified atom stereocenters. The molecule has 2 N–H and O–H groups in total. The van der Waals surface area contributed by atoms with Crippen molar-refractivity contribution in [2.24, 2.45) is 5.73 Å². The molecule has 0 aliphatic heterocycles. The summed E-state index contributed by atoms with van der Waals surface area (Å²) >= 11 is 3.59. The fraction of sp³-hybridized carbons (Fsp3) is 0.0625. The molecule has 0 atom stereocenters. The van der Waals surface area contributed by atoms with Crippen molar-refractivity contribution in [3.63, 3.8) is 0 Å². The highest BCUT2D eigenvalue weighted by molar-refractivity contribution is 9.10. The maximum atomic E-state index is 5.82. The Hall–Kier alpha value is -1.91. The molecule has 3 rings (SSSR count). The average molecular weight is 329 g/mol. The lowest BCUT2D eigenvalue weighted by Crippen LogP contribution is -1.97. The number of hydrogen-bond acceptors (Lipinski definition) is 3. The Morgan fingerprint density at radius 2 is 1.90 bits per heavy atom. The summed E-state index contributed by atoms with van der Waals surface area (Å²) in [7, 11) is 0. The minimum absolute atomic E-state index is 0.479. The Morgan fingerprint density at radius 3 is 2.65 bits per heavy atom. The van der Waals surface area contributed by atoms with Gasteiger partial charge in [0.1, 0.15) is 5.75 Å². The number of aromatic nitrogens is 1. The van der Waals surface area contributed by atoms with E-state index < -0.39 is 0 Å². The topological polar surface area (TPSA) is 48.1 Å². The van der Waals surface area contributed by atoms with Gasteiger partial charge in [-0.1, -0.05) is 36.4 Å². The lowest BCUT2D eigenvalue weighted by Gasteiger charge is -2.09.